The van der Waals surface area contributed by atoms with Crippen molar-refractivity contribution in [2.75, 3.05) is 0 Å². The maximum Gasteiger partial charge on any atom is 0.261 e. The van der Waals surface area contributed by atoms with Crippen LogP contribution in [0.4, 0.5) is 0 Å². The maximum atomic E-state index is 12.2. The van der Waals surface area contributed by atoms with E-state index in [9.17, 15) is 9.59 Å². The molecule has 20 heavy (non-hydrogen) atoms. The molecule has 0 fully saturated rings. The van der Waals surface area contributed by atoms with E-state index >= 15 is 0 Å². The monoisotopic (exact) mass is 285 g/mol. The lowest BCUT2D eigenvalue weighted by Crippen LogP contribution is -2.34. The lowest BCUT2D eigenvalue weighted by Gasteiger charge is -2.10. The molecule has 0 atom stereocenters. The van der Waals surface area contributed by atoms with Crippen LogP contribution in [0.25, 0.3) is 0 Å². The summed E-state index contributed by atoms with van der Waals surface area (Å²) < 4.78 is 0. The van der Waals surface area contributed by atoms with Crippen molar-refractivity contribution in [2.24, 2.45) is 0 Å². The van der Waals surface area contributed by atoms with E-state index in [2.05, 4.69) is 17.4 Å². The van der Waals surface area contributed by atoms with E-state index in [-0.39, 0.29) is 17.7 Å². The average molecular weight is 285 g/mol. The number of hydrogen-bond acceptors (Lipinski definition) is 3. The molecule has 0 spiro atoms. The molecule has 1 aromatic heterocycles. The molecule has 3 nitrogen and oxygen atoms in total. The highest BCUT2D eigenvalue weighted by atomic mass is 32.1. The standard InChI is InChI=1S/C16H15NO2S/c1-10(18)14-6-7-15(20-14)16(19)17-13-8-11-4-2-3-5-12(11)9-13/h2-7,13H,8-9H2,1H3,(H,17,19). The number of hydrogen-bond donors (Lipinski definition) is 1. The summed E-state index contributed by atoms with van der Waals surface area (Å²) in [5.41, 5.74) is 2.63. The van der Waals surface area contributed by atoms with Crippen LogP contribution in [0.5, 0.6) is 0 Å². The fourth-order valence-corrected chi connectivity index (χ4v) is 3.37. The summed E-state index contributed by atoms with van der Waals surface area (Å²) in [4.78, 5) is 24.7. The van der Waals surface area contributed by atoms with Gasteiger partial charge in [0.1, 0.15) is 0 Å². The van der Waals surface area contributed by atoms with Crippen molar-refractivity contribution in [3.63, 3.8) is 0 Å². The first-order valence-corrected chi connectivity index (χ1v) is 7.43. The molecular formula is C16H15NO2S. The lowest BCUT2D eigenvalue weighted by atomic mass is 10.1. The molecule has 1 heterocycles. The second kappa shape index (κ2) is 5.21. The molecule has 0 aliphatic heterocycles. The summed E-state index contributed by atoms with van der Waals surface area (Å²) in [6.07, 6.45) is 1.76. The van der Waals surface area contributed by atoms with Crippen LogP contribution < -0.4 is 5.32 Å². The van der Waals surface area contributed by atoms with Crippen molar-refractivity contribution in [1.29, 1.82) is 0 Å². The average Bonchev–Trinajstić information content (AvgIpc) is 3.04. The third-order valence-corrected chi connectivity index (χ3v) is 4.75. The van der Waals surface area contributed by atoms with Crippen LogP contribution in [-0.4, -0.2) is 17.7 Å². The Morgan fingerprint density at radius 1 is 1.05 bits per heavy atom. The van der Waals surface area contributed by atoms with Gasteiger partial charge in [0.15, 0.2) is 5.78 Å². The van der Waals surface area contributed by atoms with E-state index in [1.165, 1.54) is 29.4 Å². The zero-order valence-corrected chi connectivity index (χ0v) is 12.0. The largest absolute Gasteiger partial charge is 0.348 e. The zero-order valence-electron chi connectivity index (χ0n) is 11.2. The first kappa shape index (κ1) is 13.1. The minimum atomic E-state index is -0.0830. The Bertz CT molecular complexity index is 650. The first-order chi connectivity index (χ1) is 9.63. The molecule has 0 unspecified atom stereocenters. The molecule has 1 N–H and O–H groups in total. The number of fused-ring (bicyclic) bond motifs is 1. The molecule has 1 aliphatic rings. The number of Topliss-reactive ketones (excluding diaryl/α,β-unsaturated/α-hetero) is 1. The number of nitrogens with one attached hydrogen (secondary N) is 1. The van der Waals surface area contributed by atoms with E-state index in [1.54, 1.807) is 12.1 Å². The highest BCUT2D eigenvalue weighted by Crippen LogP contribution is 2.23. The van der Waals surface area contributed by atoms with E-state index in [0.29, 0.717) is 9.75 Å². The van der Waals surface area contributed by atoms with Crippen molar-refractivity contribution in [3.8, 4) is 0 Å². The SMILES string of the molecule is CC(=O)c1ccc(C(=O)NC2Cc3ccccc3C2)s1. The second-order valence-electron chi connectivity index (χ2n) is 5.07. The van der Waals surface area contributed by atoms with Crippen molar-refractivity contribution in [3.05, 3.63) is 57.3 Å². The van der Waals surface area contributed by atoms with Crippen LogP contribution >= 0.6 is 11.3 Å². The van der Waals surface area contributed by atoms with Crippen LogP contribution in [0.3, 0.4) is 0 Å². The Hall–Kier alpha value is -1.94. The highest BCUT2D eigenvalue weighted by Gasteiger charge is 2.23. The maximum absolute atomic E-state index is 12.2. The third kappa shape index (κ3) is 2.51. The van der Waals surface area contributed by atoms with Crippen molar-refractivity contribution < 1.29 is 9.59 Å². The fourth-order valence-electron chi connectivity index (χ4n) is 2.57. The van der Waals surface area contributed by atoms with Crippen LogP contribution in [-0.2, 0) is 12.8 Å². The van der Waals surface area contributed by atoms with Gasteiger partial charge in [-0.15, -0.1) is 11.3 Å². The fraction of sp³-hybridized carbons (Fsp3) is 0.250. The van der Waals surface area contributed by atoms with Gasteiger partial charge in [0, 0.05) is 6.04 Å². The Labute approximate surface area is 121 Å². The van der Waals surface area contributed by atoms with Gasteiger partial charge in [-0.25, -0.2) is 0 Å². The molecular weight excluding hydrogens is 270 g/mol. The minimum Gasteiger partial charge on any atom is -0.348 e. The molecule has 0 bridgehead atoms. The number of carbonyl (C=O) groups is 2. The summed E-state index contributed by atoms with van der Waals surface area (Å²) in [6.45, 7) is 1.52. The van der Waals surface area contributed by atoms with Gasteiger partial charge in [0.2, 0.25) is 0 Å². The summed E-state index contributed by atoms with van der Waals surface area (Å²) in [7, 11) is 0. The Morgan fingerprint density at radius 3 is 2.20 bits per heavy atom. The predicted molar refractivity (Wildman–Crippen MR) is 79.4 cm³/mol. The van der Waals surface area contributed by atoms with Crippen LogP contribution in [0.2, 0.25) is 0 Å². The summed E-state index contributed by atoms with van der Waals surface area (Å²) >= 11 is 1.25. The molecule has 1 amide bonds. The number of rotatable bonds is 3. The summed E-state index contributed by atoms with van der Waals surface area (Å²) in [5, 5.41) is 3.05. The third-order valence-electron chi connectivity index (χ3n) is 3.56. The zero-order chi connectivity index (χ0) is 14.1. The van der Waals surface area contributed by atoms with E-state index < -0.39 is 0 Å². The molecule has 0 saturated carbocycles. The number of amides is 1. The Morgan fingerprint density at radius 2 is 1.65 bits per heavy atom. The molecule has 0 saturated heterocycles. The minimum absolute atomic E-state index is 0.00215. The van der Waals surface area contributed by atoms with E-state index in [1.807, 2.05) is 12.1 Å². The van der Waals surface area contributed by atoms with Gasteiger partial charge >= 0.3 is 0 Å². The van der Waals surface area contributed by atoms with Gasteiger partial charge in [0.25, 0.3) is 5.91 Å². The van der Waals surface area contributed by atoms with Gasteiger partial charge in [0.05, 0.1) is 9.75 Å². The predicted octanol–water partition coefficient (Wildman–Crippen LogP) is 2.85. The molecule has 1 aliphatic carbocycles. The number of ketones is 1. The Kier molecular flexibility index (Phi) is 3.40. The topological polar surface area (TPSA) is 46.2 Å². The van der Waals surface area contributed by atoms with Gasteiger partial charge in [-0.3, -0.25) is 9.59 Å². The van der Waals surface area contributed by atoms with E-state index in [0.717, 1.165) is 12.8 Å². The number of benzene rings is 1. The molecule has 3 rings (SSSR count). The molecule has 2 aromatic rings. The van der Waals surface area contributed by atoms with Crippen molar-refractivity contribution in [1.82, 2.24) is 5.32 Å². The smallest absolute Gasteiger partial charge is 0.261 e. The van der Waals surface area contributed by atoms with Crippen LogP contribution in [0.1, 0.15) is 37.4 Å². The van der Waals surface area contributed by atoms with Gasteiger partial charge < -0.3 is 5.32 Å². The summed E-state index contributed by atoms with van der Waals surface area (Å²) in [6, 6.07) is 11.9. The Balaban J connectivity index is 1.67. The van der Waals surface area contributed by atoms with Gasteiger partial charge in [-0.1, -0.05) is 24.3 Å². The molecule has 0 radical (unpaired) electrons. The number of carbonyl (C=O) groups excluding carboxylic acids is 2. The number of thiophene rings is 1. The van der Waals surface area contributed by atoms with Crippen LogP contribution in [0, 0.1) is 0 Å². The van der Waals surface area contributed by atoms with Gasteiger partial charge in [-0.05, 0) is 43.0 Å². The van der Waals surface area contributed by atoms with Crippen molar-refractivity contribution >= 4 is 23.0 Å². The second-order valence-corrected chi connectivity index (χ2v) is 6.15. The first-order valence-electron chi connectivity index (χ1n) is 6.62. The molecule has 102 valence electrons. The highest BCUT2D eigenvalue weighted by molar-refractivity contribution is 7.15. The molecule has 1 aromatic carbocycles. The lowest BCUT2D eigenvalue weighted by molar-refractivity contribution is 0.0942. The van der Waals surface area contributed by atoms with E-state index in [4.69, 9.17) is 0 Å². The van der Waals surface area contributed by atoms with Crippen molar-refractivity contribution in [2.45, 2.75) is 25.8 Å². The van der Waals surface area contributed by atoms with Gasteiger partial charge in [-0.2, -0.15) is 0 Å². The van der Waals surface area contributed by atoms with Crippen LogP contribution in [0.15, 0.2) is 36.4 Å². The quantitative estimate of drug-likeness (QED) is 0.881. The summed E-state index contributed by atoms with van der Waals surface area (Å²) in [5.74, 6) is -0.0809. The molecule has 4 heteroatoms. The normalized spacial score (nSPS) is 14.1.